The minimum Gasteiger partial charge on any atom is -0.587 e. The second-order valence-corrected chi connectivity index (χ2v) is 9.05. The van der Waals surface area contributed by atoms with Crippen molar-refractivity contribution in [2.75, 3.05) is 30.8 Å². The SMILES string of the molecule is CN/C=C(\C=N)c1cnc(C=N)c(N[S+]([O-])c2cnc3ccc(-c4ccc(N(C)C)cc4)cn23)c1. The fourth-order valence-corrected chi connectivity index (χ4v) is 4.51. The Hall–Kier alpha value is -4.15. The Bertz CT molecular complexity index is 1390. The quantitative estimate of drug-likeness (QED) is 0.210. The van der Waals surface area contributed by atoms with Gasteiger partial charge in [0.05, 0.1) is 0 Å². The number of nitrogens with one attached hydrogen (secondary N) is 4. The molecule has 3 heterocycles. The van der Waals surface area contributed by atoms with Crippen molar-refractivity contribution in [1.82, 2.24) is 19.7 Å². The molecule has 0 saturated heterocycles. The topological polar surface area (TPSA) is 128 Å². The van der Waals surface area contributed by atoms with Gasteiger partial charge < -0.3 is 25.6 Å². The van der Waals surface area contributed by atoms with Gasteiger partial charge in [-0.05, 0) is 41.5 Å². The van der Waals surface area contributed by atoms with E-state index in [1.807, 2.05) is 37.3 Å². The molecule has 1 aromatic carbocycles. The van der Waals surface area contributed by atoms with Crippen molar-refractivity contribution < 1.29 is 4.55 Å². The standard InChI is InChI=1S/C25H26N8OS/c1-28-13-20(11-26)19-10-22(23(12-27)29-14-19)31-35(34)25-15-30-24-9-6-18(16-33(24)25)17-4-7-21(8-5-17)32(2)3/h4-16,26-28,31H,1-3H3/b20-13+,26-11?,27-12?. The van der Waals surface area contributed by atoms with Crippen LogP contribution in [0.3, 0.4) is 0 Å². The zero-order valence-corrected chi connectivity index (χ0v) is 20.4. The summed E-state index contributed by atoms with van der Waals surface area (Å²) in [5, 5.41) is 18.7. The molecule has 35 heavy (non-hydrogen) atoms. The van der Waals surface area contributed by atoms with Crippen LogP contribution in [0.4, 0.5) is 11.4 Å². The Morgan fingerprint density at radius 1 is 1.06 bits per heavy atom. The fourth-order valence-electron chi connectivity index (χ4n) is 3.56. The normalized spacial score (nSPS) is 12.3. The lowest BCUT2D eigenvalue weighted by atomic mass is 10.1. The maximum Gasteiger partial charge on any atom is 0.276 e. The molecule has 3 aromatic heterocycles. The maximum absolute atomic E-state index is 13.4. The molecule has 9 nitrogen and oxygen atoms in total. The van der Waals surface area contributed by atoms with Gasteiger partial charge in [-0.1, -0.05) is 12.1 Å². The number of allylic oxidation sites excluding steroid dienone is 1. The highest BCUT2D eigenvalue weighted by atomic mass is 32.2. The van der Waals surface area contributed by atoms with Crippen LogP contribution in [0.1, 0.15) is 11.3 Å². The van der Waals surface area contributed by atoms with Crippen molar-refractivity contribution >= 4 is 46.4 Å². The summed E-state index contributed by atoms with van der Waals surface area (Å²) in [7, 11) is 5.74. The van der Waals surface area contributed by atoms with E-state index < -0.39 is 11.4 Å². The number of fused-ring (bicyclic) bond motifs is 1. The number of aromatic nitrogens is 3. The summed E-state index contributed by atoms with van der Waals surface area (Å²) in [5.41, 5.74) is 5.80. The van der Waals surface area contributed by atoms with E-state index in [9.17, 15) is 4.55 Å². The van der Waals surface area contributed by atoms with E-state index in [2.05, 4.69) is 44.3 Å². The van der Waals surface area contributed by atoms with E-state index in [4.69, 9.17) is 10.8 Å². The van der Waals surface area contributed by atoms with Crippen LogP contribution in [0.25, 0.3) is 22.3 Å². The van der Waals surface area contributed by atoms with Crippen LogP contribution >= 0.6 is 0 Å². The average molecular weight is 487 g/mol. The van der Waals surface area contributed by atoms with Gasteiger partial charge in [0.15, 0.2) is 0 Å². The molecule has 4 rings (SSSR count). The van der Waals surface area contributed by atoms with Crippen molar-refractivity contribution in [3.63, 3.8) is 0 Å². The van der Waals surface area contributed by atoms with Crippen molar-refractivity contribution in [2.45, 2.75) is 5.03 Å². The molecular weight excluding hydrogens is 460 g/mol. The van der Waals surface area contributed by atoms with E-state index in [1.165, 1.54) is 6.21 Å². The van der Waals surface area contributed by atoms with Gasteiger partial charge in [-0.15, -0.1) is 0 Å². The van der Waals surface area contributed by atoms with Crippen molar-refractivity contribution in [3.8, 4) is 11.1 Å². The molecule has 10 heteroatoms. The molecule has 0 bridgehead atoms. The molecule has 0 aliphatic carbocycles. The average Bonchev–Trinajstić information content (AvgIpc) is 3.31. The third-order valence-electron chi connectivity index (χ3n) is 5.43. The van der Waals surface area contributed by atoms with Crippen LogP contribution in [0.5, 0.6) is 0 Å². The summed E-state index contributed by atoms with van der Waals surface area (Å²) in [6, 6.07) is 13.8. The first-order valence-electron chi connectivity index (χ1n) is 10.8. The minimum atomic E-state index is -1.68. The number of anilines is 2. The highest BCUT2D eigenvalue weighted by Gasteiger charge is 2.20. The third-order valence-corrected chi connectivity index (χ3v) is 6.51. The first-order valence-corrected chi connectivity index (χ1v) is 11.9. The number of pyridine rings is 2. The summed E-state index contributed by atoms with van der Waals surface area (Å²) in [6.45, 7) is 0. The first-order chi connectivity index (χ1) is 16.9. The predicted octanol–water partition coefficient (Wildman–Crippen LogP) is 3.80. The molecule has 0 aliphatic rings. The monoisotopic (exact) mass is 486 g/mol. The maximum atomic E-state index is 13.4. The molecular formula is C25H26N8OS. The van der Waals surface area contributed by atoms with E-state index in [-0.39, 0.29) is 0 Å². The Kier molecular flexibility index (Phi) is 7.14. The Balaban J connectivity index is 1.67. The molecule has 178 valence electrons. The van der Waals surface area contributed by atoms with Gasteiger partial charge in [-0.2, -0.15) is 4.72 Å². The van der Waals surface area contributed by atoms with Gasteiger partial charge in [0, 0.05) is 69.0 Å². The smallest absolute Gasteiger partial charge is 0.276 e. The summed E-state index contributed by atoms with van der Waals surface area (Å²) in [4.78, 5) is 10.7. The summed E-state index contributed by atoms with van der Waals surface area (Å²) in [6.07, 6.45) is 9.03. The van der Waals surface area contributed by atoms with E-state index in [0.717, 1.165) is 23.0 Å². The zero-order valence-electron chi connectivity index (χ0n) is 19.6. The molecule has 1 unspecified atom stereocenters. The highest BCUT2D eigenvalue weighted by Crippen LogP contribution is 2.26. The Morgan fingerprint density at radius 2 is 1.80 bits per heavy atom. The van der Waals surface area contributed by atoms with Crippen LogP contribution in [0, 0.1) is 10.8 Å². The minimum absolute atomic E-state index is 0.339. The number of benzene rings is 1. The van der Waals surface area contributed by atoms with E-state index >= 15 is 0 Å². The number of hydrogen-bond acceptors (Lipinski definition) is 8. The van der Waals surface area contributed by atoms with Gasteiger partial charge in [0.2, 0.25) is 0 Å². The van der Waals surface area contributed by atoms with Gasteiger partial charge >= 0.3 is 0 Å². The number of imidazole rings is 1. The molecule has 4 N–H and O–H groups in total. The molecule has 0 amide bonds. The number of hydrogen-bond donors (Lipinski definition) is 4. The number of rotatable bonds is 9. The molecule has 0 spiro atoms. The summed E-state index contributed by atoms with van der Waals surface area (Å²) < 4.78 is 18.1. The molecule has 0 aliphatic heterocycles. The Morgan fingerprint density at radius 3 is 2.46 bits per heavy atom. The predicted molar refractivity (Wildman–Crippen MR) is 143 cm³/mol. The first kappa shape index (κ1) is 24.0. The van der Waals surface area contributed by atoms with Crippen LogP contribution in [-0.4, -0.2) is 52.5 Å². The molecule has 0 fully saturated rings. The van der Waals surface area contributed by atoms with Crippen molar-refractivity contribution in [3.05, 3.63) is 78.5 Å². The lowest BCUT2D eigenvalue weighted by molar-refractivity contribution is 0.595. The van der Waals surface area contributed by atoms with E-state index in [1.54, 1.807) is 36.1 Å². The van der Waals surface area contributed by atoms with Crippen LogP contribution in [0.2, 0.25) is 0 Å². The van der Waals surface area contributed by atoms with Gasteiger partial charge in [-0.25, -0.2) is 4.98 Å². The lowest BCUT2D eigenvalue weighted by Gasteiger charge is -2.14. The van der Waals surface area contributed by atoms with E-state index in [0.29, 0.717) is 33.2 Å². The van der Waals surface area contributed by atoms with Gasteiger partial charge in [0.25, 0.3) is 5.03 Å². The van der Waals surface area contributed by atoms with Gasteiger partial charge in [0.1, 0.15) is 34.6 Å². The second-order valence-electron chi connectivity index (χ2n) is 7.89. The lowest BCUT2D eigenvalue weighted by Crippen LogP contribution is -2.17. The zero-order chi connectivity index (χ0) is 24.9. The van der Waals surface area contributed by atoms with Crippen LogP contribution in [-0.2, 0) is 11.4 Å². The van der Waals surface area contributed by atoms with Crippen molar-refractivity contribution in [1.29, 1.82) is 10.8 Å². The van der Waals surface area contributed by atoms with Crippen LogP contribution in [0.15, 0.2) is 72.3 Å². The molecule has 0 saturated carbocycles. The molecule has 0 radical (unpaired) electrons. The van der Waals surface area contributed by atoms with Crippen LogP contribution < -0.4 is 14.9 Å². The third kappa shape index (κ3) is 5.03. The number of nitrogens with zero attached hydrogens (tertiary/aromatic N) is 4. The molecule has 4 aromatic rings. The second kappa shape index (κ2) is 10.4. The Labute approximate surface area is 206 Å². The molecule has 1 atom stereocenters. The largest absolute Gasteiger partial charge is 0.587 e. The van der Waals surface area contributed by atoms with Crippen molar-refractivity contribution in [2.24, 2.45) is 0 Å². The fraction of sp³-hybridized carbons (Fsp3) is 0.120. The summed E-state index contributed by atoms with van der Waals surface area (Å²) >= 11 is -1.68. The van der Waals surface area contributed by atoms with Gasteiger partial charge in [-0.3, -0.25) is 9.38 Å². The summed E-state index contributed by atoms with van der Waals surface area (Å²) in [5.74, 6) is 0. The highest BCUT2D eigenvalue weighted by molar-refractivity contribution is 7.92.